The number of amides is 2. The number of likely N-dealkylation sites (tertiary alicyclic amines) is 1. The van der Waals surface area contributed by atoms with Crippen molar-refractivity contribution in [3.8, 4) is 0 Å². The first-order valence-corrected chi connectivity index (χ1v) is 11.5. The zero-order valence-corrected chi connectivity index (χ0v) is 17.2. The smallest absolute Gasteiger partial charge is 0.323 e. The minimum atomic E-state index is -1.18. The van der Waals surface area contributed by atoms with Crippen LogP contribution in [0.1, 0.15) is 22.8 Å². The largest absolute Gasteiger partial charge is 0.480 e. The van der Waals surface area contributed by atoms with Crippen molar-refractivity contribution in [3.05, 3.63) is 44.6 Å². The van der Waals surface area contributed by atoms with Crippen molar-refractivity contribution in [2.45, 2.75) is 22.6 Å². The predicted molar refractivity (Wildman–Crippen MR) is 107 cm³/mol. The zero-order valence-electron chi connectivity index (χ0n) is 15.6. The third-order valence-corrected chi connectivity index (χ3v) is 9.74. The van der Waals surface area contributed by atoms with Gasteiger partial charge in [0.05, 0.1) is 16.9 Å². The number of H-pyrrole nitrogens is 1. The second kappa shape index (κ2) is 6.27. The van der Waals surface area contributed by atoms with E-state index in [2.05, 4.69) is 9.97 Å². The van der Waals surface area contributed by atoms with E-state index in [1.807, 2.05) is 18.3 Å². The number of aromatic amines is 1. The number of hydrogen-bond acceptors (Lipinski definition) is 7. The van der Waals surface area contributed by atoms with Gasteiger partial charge in [-0.25, -0.2) is 0 Å². The SMILES string of the molecule is O=C(O)CN1C(=O)C2C3CC(C2C1=O)C1C3Sc2[nH]c(=O)sc2[C@@H]1c1cccnc1. The Morgan fingerprint density at radius 1 is 1.23 bits per heavy atom. The molecule has 0 spiro atoms. The summed E-state index contributed by atoms with van der Waals surface area (Å²) in [5.74, 6) is -2.74. The maximum absolute atomic E-state index is 13.1. The first-order valence-electron chi connectivity index (χ1n) is 9.82. The quantitative estimate of drug-likeness (QED) is 0.688. The number of thioether (sulfide) groups is 1. The summed E-state index contributed by atoms with van der Waals surface area (Å²) in [6.07, 6.45) is 4.30. The Bertz CT molecular complexity index is 1140. The van der Waals surface area contributed by atoms with Crippen molar-refractivity contribution in [3.63, 3.8) is 0 Å². The molecule has 2 aromatic heterocycles. The van der Waals surface area contributed by atoms with E-state index >= 15 is 0 Å². The Balaban J connectivity index is 1.45. The number of imide groups is 1. The van der Waals surface area contributed by atoms with E-state index in [0.29, 0.717) is 0 Å². The summed E-state index contributed by atoms with van der Waals surface area (Å²) in [7, 11) is 0. The molecule has 0 radical (unpaired) electrons. The molecular formula is C20H17N3O5S2. The maximum atomic E-state index is 13.1. The molecule has 3 fully saturated rings. The highest BCUT2D eigenvalue weighted by Crippen LogP contribution is 2.68. The summed E-state index contributed by atoms with van der Waals surface area (Å²) in [4.78, 5) is 58.4. The molecule has 2 saturated carbocycles. The Morgan fingerprint density at radius 2 is 2.00 bits per heavy atom. The third kappa shape index (κ3) is 2.31. The van der Waals surface area contributed by atoms with Crippen LogP contribution in [0.4, 0.5) is 0 Å². The maximum Gasteiger partial charge on any atom is 0.323 e. The number of nitrogens with one attached hydrogen (secondary N) is 1. The predicted octanol–water partition coefficient (Wildman–Crippen LogP) is 1.39. The molecule has 8 nitrogen and oxygen atoms in total. The van der Waals surface area contributed by atoms with Crippen LogP contribution in [0.15, 0.2) is 34.3 Å². The van der Waals surface area contributed by atoms with Gasteiger partial charge in [0.25, 0.3) is 0 Å². The number of nitrogens with zero attached hydrogens (tertiary/aromatic N) is 2. The van der Waals surface area contributed by atoms with Crippen LogP contribution in [0.2, 0.25) is 0 Å². The van der Waals surface area contributed by atoms with Gasteiger partial charge in [-0.05, 0) is 35.8 Å². The number of carbonyl (C=O) groups is 3. The van der Waals surface area contributed by atoms with Gasteiger partial charge in [-0.15, -0.1) is 11.8 Å². The molecule has 4 aliphatic rings. The van der Waals surface area contributed by atoms with E-state index in [-0.39, 0.29) is 45.6 Å². The second-order valence-electron chi connectivity index (χ2n) is 8.40. The van der Waals surface area contributed by atoms with Gasteiger partial charge in [0.1, 0.15) is 6.54 Å². The molecule has 6 rings (SSSR count). The molecule has 2 aliphatic carbocycles. The molecule has 7 atom stereocenters. The molecule has 2 N–H and O–H groups in total. The second-order valence-corrected chi connectivity index (χ2v) is 10.6. The Labute approximate surface area is 178 Å². The van der Waals surface area contributed by atoms with Crippen LogP contribution in [0, 0.1) is 29.6 Å². The summed E-state index contributed by atoms with van der Waals surface area (Å²) in [5.41, 5.74) is 1.01. The van der Waals surface area contributed by atoms with Gasteiger partial charge in [-0.2, -0.15) is 0 Å². The average Bonchev–Trinajstić information content (AvgIpc) is 3.44. The van der Waals surface area contributed by atoms with E-state index in [4.69, 9.17) is 5.11 Å². The minimum absolute atomic E-state index is 0.000897. The van der Waals surface area contributed by atoms with Crippen molar-refractivity contribution in [2.75, 3.05) is 6.54 Å². The fourth-order valence-electron chi connectivity index (χ4n) is 6.30. The number of rotatable bonds is 3. The van der Waals surface area contributed by atoms with Gasteiger partial charge in [0, 0.05) is 28.4 Å². The number of carboxylic acids is 1. The monoisotopic (exact) mass is 443 g/mol. The topological polar surface area (TPSA) is 120 Å². The molecule has 6 unspecified atom stereocenters. The molecule has 2 aromatic rings. The molecule has 0 aromatic carbocycles. The number of carboxylic acid groups (broad SMARTS) is 1. The first kappa shape index (κ1) is 18.3. The number of thiazole rings is 1. The fourth-order valence-corrected chi connectivity index (χ4v) is 9.19. The lowest BCUT2D eigenvalue weighted by Crippen LogP contribution is -2.42. The minimum Gasteiger partial charge on any atom is -0.480 e. The Morgan fingerprint density at radius 3 is 2.70 bits per heavy atom. The van der Waals surface area contributed by atoms with Gasteiger partial charge in [0.2, 0.25) is 11.8 Å². The van der Waals surface area contributed by atoms with Crippen molar-refractivity contribution in [2.24, 2.45) is 29.6 Å². The number of fused-ring (bicyclic) bond motifs is 9. The average molecular weight is 444 g/mol. The molecule has 30 heavy (non-hydrogen) atoms. The first-order chi connectivity index (χ1) is 14.5. The van der Waals surface area contributed by atoms with Crippen molar-refractivity contribution >= 4 is 40.9 Å². The molecular weight excluding hydrogens is 426 g/mol. The molecule has 2 aliphatic heterocycles. The molecule has 4 heterocycles. The van der Waals surface area contributed by atoms with E-state index in [9.17, 15) is 19.2 Å². The van der Waals surface area contributed by atoms with Crippen LogP contribution in [0.25, 0.3) is 0 Å². The number of carbonyl (C=O) groups excluding carboxylic acids is 2. The lowest BCUT2D eigenvalue weighted by Gasteiger charge is -2.42. The van der Waals surface area contributed by atoms with Gasteiger partial charge in [-0.3, -0.25) is 29.1 Å². The molecule has 2 amide bonds. The van der Waals surface area contributed by atoms with Crippen molar-refractivity contribution in [1.29, 1.82) is 0 Å². The van der Waals surface area contributed by atoms with Crippen LogP contribution in [-0.4, -0.2) is 49.6 Å². The van der Waals surface area contributed by atoms with Gasteiger partial charge in [-0.1, -0.05) is 17.4 Å². The lowest BCUT2D eigenvalue weighted by atomic mass is 9.68. The highest BCUT2D eigenvalue weighted by molar-refractivity contribution is 8.00. The van der Waals surface area contributed by atoms with Crippen molar-refractivity contribution < 1.29 is 19.5 Å². The third-order valence-electron chi connectivity index (χ3n) is 7.15. The number of aliphatic carboxylic acids is 1. The summed E-state index contributed by atoms with van der Waals surface area (Å²) in [6, 6.07) is 3.87. The van der Waals surface area contributed by atoms with Crippen LogP contribution < -0.4 is 4.87 Å². The lowest BCUT2D eigenvalue weighted by molar-refractivity contribution is -0.149. The molecule has 10 heteroatoms. The Hall–Kier alpha value is -2.46. The van der Waals surface area contributed by atoms with Crippen LogP contribution in [-0.2, 0) is 14.4 Å². The molecule has 1 saturated heterocycles. The van der Waals surface area contributed by atoms with Gasteiger partial charge >= 0.3 is 10.8 Å². The highest BCUT2D eigenvalue weighted by Gasteiger charge is 2.69. The van der Waals surface area contributed by atoms with Crippen LogP contribution in [0.5, 0.6) is 0 Å². The van der Waals surface area contributed by atoms with E-state index in [1.54, 1.807) is 18.0 Å². The van der Waals surface area contributed by atoms with Gasteiger partial charge in [0.15, 0.2) is 0 Å². The summed E-state index contributed by atoms with van der Waals surface area (Å²) >= 11 is 2.82. The number of hydrogen-bond donors (Lipinski definition) is 2. The Kier molecular flexibility index (Phi) is 3.83. The normalized spacial score (nSPS) is 36.0. The summed E-state index contributed by atoms with van der Waals surface area (Å²) < 4.78 is 0. The van der Waals surface area contributed by atoms with Gasteiger partial charge < -0.3 is 10.1 Å². The van der Waals surface area contributed by atoms with E-state index in [0.717, 1.165) is 26.8 Å². The molecule has 2 bridgehead atoms. The van der Waals surface area contributed by atoms with Crippen LogP contribution >= 0.6 is 23.1 Å². The molecule has 154 valence electrons. The fraction of sp³-hybridized carbons (Fsp3) is 0.450. The zero-order chi connectivity index (χ0) is 20.7. The summed E-state index contributed by atoms with van der Waals surface area (Å²) in [5, 5.41) is 10.1. The number of pyridine rings is 1. The number of aromatic nitrogens is 2. The van der Waals surface area contributed by atoms with Crippen molar-refractivity contribution in [1.82, 2.24) is 14.9 Å². The standard InChI is InChI=1S/C20H17N3O5S2/c24-10(25)6-23-18(26)13-8-4-9(14(13)19(23)27)15-12(8)11(7-2-1-3-21-5-7)16-17(29-15)22-20(28)30-16/h1-3,5,8-9,11-15H,4,6H2,(H,22,28)(H,24,25)/t8?,9?,11-,12?,13?,14?,15?/m1/s1. The van der Waals surface area contributed by atoms with Crippen LogP contribution in [0.3, 0.4) is 0 Å². The van der Waals surface area contributed by atoms with E-state index < -0.39 is 24.3 Å². The van der Waals surface area contributed by atoms with E-state index in [1.165, 1.54) is 11.3 Å². The highest BCUT2D eigenvalue weighted by atomic mass is 32.2. The summed E-state index contributed by atoms with van der Waals surface area (Å²) in [6.45, 7) is -0.570.